The molecule has 0 spiro atoms. The number of benzene rings is 3. The molecule has 0 aliphatic carbocycles. The van der Waals surface area contributed by atoms with Gasteiger partial charge in [0, 0.05) is 5.70 Å². The summed E-state index contributed by atoms with van der Waals surface area (Å²) in [7, 11) is 0. The highest BCUT2D eigenvalue weighted by Crippen LogP contribution is 2.38. The molecule has 0 aromatic heterocycles. The number of nitroso groups, excluding NO2 is 1. The van der Waals surface area contributed by atoms with Crippen molar-refractivity contribution in [3.8, 4) is 11.1 Å². The average Bonchev–Trinajstić information content (AvgIpc) is 3.04. The normalized spacial score (nSPS) is 17.4. The van der Waals surface area contributed by atoms with Crippen molar-refractivity contribution in [1.29, 1.82) is 0 Å². The third kappa shape index (κ3) is 3.04. The molecule has 2 aliphatic rings. The number of carbonyl (C=O) groups is 1. The van der Waals surface area contributed by atoms with Crippen LogP contribution < -0.4 is 16.0 Å². The first-order valence-corrected chi connectivity index (χ1v) is 9.40. The molecule has 5 rings (SSSR count). The molecule has 1 unspecified atom stereocenters. The molecule has 3 N–H and O–H groups in total. The van der Waals surface area contributed by atoms with E-state index in [-0.39, 0.29) is 11.9 Å². The van der Waals surface area contributed by atoms with Gasteiger partial charge in [-0.25, -0.2) is 0 Å². The quantitative estimate of drug-likeness (QED) is 0.573. The summed E-state index contributed by atoms with van der Waals surface area (Å²) in [6.45, 7) is 0.496. The van der Waals surface area contributed by atoms with Crippen LogP contribution in [0.4, 0.5) is 17.1 Å². The molecular weight excluding hydrogens is 364 g/mol. The van der Waals surface area contributed by atoms with Crippen molar-refractivity contribution in [3.63, 3.8) is 0 Å². The molecular formula is C23H18N4O2. The van der Waals surface area contributed by atoms with Gasteiger partial charge in [-0.3, -0.25) is 4.79 Å². The van der Waals surface area contributed by atoms with Crippen LogP contribution in [0.15, 0.2) is 89.2 Å². The summed E-state index contributed by atoms with van der Waals surface area (Å²) in [5, 5.41) is 12.8. The summed E-state index contributed by atoms with van der Waals surface area (Å²) in [6, 6.07) is 23.0. The van der Waals surface area contributed by atoms with Gasteiger partial charge >= 0.3 is 0 Å². The lowest BCUT2D eigenvalue weighted by Gasteiger charge is -2.20. The maximum Gasteiger partial charge on any atom is 0.251 e. The summed E-state index contributed by atoms with van der Waals surface area (Å²) < 4.78 is 0. The minimum atomic E-state index is -0.251. The van der Waals surface area contributed by atoms with E-state index in [2.05, 4.69) is 21.1 Å². The molecule has 1 amide bonds. The second kappa shape index (κ2) is 6.91. The van der Waals surface area contributed by atoms with Crippen molar-refractivity contribution in [2.45, 2.75) is 6.04 Å². The number of nitrogens with one attached hydrogen (secondary N) is 3. The predicted octanol–water partition coefficient (Wildman–Crippen LogP) is 4.71. The average molecular weight is 382 g/mol. The van der Waals surface area contributed by atoms with Crippen LogP contribution in [0.3, 0.4) is 0 Å². The Kier molecular flexibility index (Phi) is 4.09. The van der Waals surface area contributed by atoms with Crippen LogP contribution >= 0.6 is 0 Å². The maximum absolute atomic E-state index is 12.6. The van der Waals surface area contributed by atoms with Crippen molar-refractivity contribution in [2.75, 3.05) is 17.2 Å². The zero-order valence-electron chi connectivity index (χ0n) is 15.5. The van der Waals surface area contributed by atoms with Gasteiger partial charge in [0.2, 0.25) is 0 Å². The Hall–Kier alpha value is -3.93. The molecule has 142 valence electrons. The summed E-state index contributed by atoms with van der Waals surface area (Å²) in [5.41, 5.74) is 6.98. The number of hydrogen-bond donors (Lipinski definition) is 3. The second-order valence-electron chi connectivity index (χ2n) is 7.08. The lowest BCUT2D eigenvalue weighted by molar-refractivity contribution is -0.116. The Labute approximate surface area is 167 Å². The molecule has 0 bridgehead atoms. The van der Waals surface area contributed by atoms with Gasteiger partial charge in [0.25, 0.3) is 5.91 Å². The van der Waals surface area contributed by atoms with E-state index in [1.807, 2.05) is 60.7 Å². The molecule has 29 heavy (non-hydrogen) atoms. The van der Waals surface area contributed by atoms with Gasteiger partial charge in [-0.1, -0.05) is 48.5 Å². The molecule has 3 aromatic rings. The highest BCUT2D eigenvalue weighted by molar-refractivity contribution is 6.01. The molecule has 6 nitrogen and oxygen atoms in total. The second-order valence-corrected chi connectivity index (χ2v) is 7.08. The molecule has 2 aliphatic heterocycles. The number of carbonyl (C=O) groups excluding carboxylic acids is 1. The summed E-state index contributed by atoms with van der Waals surface area (Å²) in [5.74, 6) is -0.0566. The summed E-state index contributed by atoms with van der Waals surface area (Å²) in [4.78, 5) is 23.2. The zero-order valence-corrected chi connectivity index (χ0v) is 15.5. The Morgan fingerprint density at radius 3 is 2.17 bits per heavy atom. The molecule has 6 heteroatoms. The van der Waals surface area contributed by atoms with Crippen LogP contribution in [0.1, 0.15) is 11.6 Å². The topological polar surface area (TPSA) is 82.6 Å². The standard InChI is InChI=1S/C23H18N4O2/c28-23-21-20(13-24-23)25-18-3-1-2-4-19(18)26-22(21)16-7-5-14(6-8-16)15-9-11-17(27-29)12-10-15/h1-12,22,25-26H,13H2,(H,24,28). The molecule has 0 saturated heterocycles. The van der Waals surface area contributed by atoms with Crippen molar-refractivity contribution in [1.82, 2.24) is 5.32 Å². The van der Waals surface area contributed by atoms with E-state index in [0.717, 1.165) is 39.3 Å². The fraction of sp³-hybridized carbons (Fsp3) is 0.0870. The number of anilines is 2. The number of para-hydroxylation sites is 2. The van der Waals surface area contributed by atoms with E-state index in [4.69, 9.17) is 0 Å². The molecule has 1 atom stereocenters. The first-order valence-electron chi connectivity index (χ1n) is 9.40. The number of fused-ring (bicyclic) bond motifs is 1. The van der Waals surface area contributed by atoms with Gasteiger partial charge < -0.3 is 16.0 Å². The number of rotatable bonds is 3. The van der Waals surface area contributed by atoms with E-state index in [0.29, 0.717) is 12.2 Å². The van der Waals surface area contributed by atoms with E-state index >= 15 is 0 Å². The summed E-state index contributed by atoms with van der Waals surface area (Å²) in [6.07, 6.45) is 0. The van der Waals surface area contributed by atoms with Crippen LogP contribution in [0.5, 0.6) is 0 Å². The fourth-order valence-corrected chi connectivity index (χ4v) is 3.85. The Morgan fingerprint density at radius 2 is 1.48 bits per heavy atom. The predicted molar refractivity (Wildman–Crippen MR) is 114 cm³/mol. The van der Waals surface area contributed by atoms with Gasteiger partial charge in [-0.2, -0.15) is 0 Å². The summed E-state index contributed by atoms with van der Waals surface area (Å²) >= 11 is 0. The molecule has 2 heterocycles. The maximum atomic E-state index is 12.6. The third-order valence-corrected chi connectivity index (χ3v) is 5.35. The van der Waals surface area contributed by atoms with Crippen LogP contribution in [-0.4, -0.2) is 12.5 Å². The van der Waals surface area contributed by atoms with E-state index in [1.165, 1.54) is 0 Å². The van der Waals surface area contributed by atoms with Crippen molar-refractivity contribution >= 4 is 23.0 Å². The molecule has 0 fully saturated rings. The van der Waals surface area contributed by atoms with Gasteiger partial charge in [0.1, 0.15) is 5.69 Å². The zero-order chi connectivity index (χ0) is 19.8. The van der Waals surface area contributed by atoms with E-state index in [1.54, 1.807) is 12.1 Å². The SMILES string of the molecule is O=Nc1ccc(-c2ccc(C3Nc4ccccc4NC4=C3C(=O)NC4)cc2)cc1. The van der Waals surface area contributed by atoms with Crippen molar-refractivity contribution < 1.29 is 4.79 Å². The minimum Gasteiger partial charge on any atom is -0.372 e. The number of nitrogens with zero attached hydrogens (tertiary/aromatic N) is 1. The van der Waals surface area contributed by atoms with Crippen LogP contribution in [-0.2, 0) is 4.79 Å². The van der Waals surface area contributed by atoms with Gasteiger partial charge in [0.05, 0.1) is 29.5 Å². The lowest BCUT2D eigenvalue weighted by atomic mass is 9.95. The largest absolute Gasteiger partial charge is 0.372 e. The van der Waals surface area contributed by atoms with Crippen LogP contribution in [0, 0.1) is 4.91 Å². The van der Waals surface area contributed by atoms with Crippen molar-refractivity contribution in [3.05, 3.63) is 94.5 Å². The minimum absolute atomic E-state index is 0.0566. The first-order chi connectivity index (χ1) is 14.2. The third-order valence-electron chi connectivity index (χ3n) is 5.35. The van der Waals surface area contributed by atoms with E-state index in [9.17, 15) is 9.70 Å². The molecule has 3 aromatic carbocycles. The molecule has 0 saturated carbocycles. The smallest absolute Gasteiger partial charge is 0.251 e. The molecule has 0 radical (unpaired) electrons. The highest BCUT2D eigenvalue weighted by atomic mass is 16.3. The number of hydrogen-bond acceptors (Lipinski definition) is 5. The van der Waals surface area contributed by atoms with Gasteiger partial charge in [-0.05, 0) is 46.1 Å². The number of amides is 1. The first kappa shape index (κ1) is 17.2. The monoisotopic (exact) mass is 382 g/mol. The lowest BCUT2D eigenvalue weighted by Crippen LogP contribution is -2.24. The highest BCUT2D eigenvalue weighted by Gasteiger charge is 2.33. The van der Waals surface area contributed by atoms with Crippen LogP contribution in [0.25, 0.3) is 11.1 Å². The van der Waals surface area contributed by atoms with Gasteiger partial charge in [-0.15, -0.1) is 4.91 Å². The Bertz CT molecular complexity index is 1130. The van der Waals surface area contributed by atoms with Gasteiger partial charge in [0.15, 0.2) is 0 Å². The van der Waals surface area contributed by atoms with E-state index < -0.39 is 0 Å². The van der Waals surface area contributed by atoms with Crippen LogP contribution in [0.2, 0.25) is 0 Å². The Morgan fingerprint density at radius 1 is 0.828 bits per heavy atom. The fourth-order valence-electron chi connectivity index (χ4n) is 3.85. The van der Waals surface area contributed by atoms with Crippen molar-refractivity contribution in [2.24, 2.45) is 5.18 Å². The Balaban J connectivity index is 1.52.